The average Bonchev–Trinajstić information content (AvgIpc) is 3.11. The number of hydrogen-bond donors (Lipinski definition) is 2. The van der Waals surface area contributed by atoms with E-state index in [0.717, 1.165) is 28.5 Å². The van der Waals surface area contributed by atoms with Crippen LogP contribution in [0.2, 0.25) is 0 Å². The summed E-state index contributed by atoms with van der Waals surface area (Å²) in [6, 6.07) is 8.31. The third kappa shape index (κ3) is 3.11. The van der Waals surface area contributed by atoms with Crippen molar-refractivity contribution >= 4 is 33.3 Å². The van der Waals surface area contributed by atoms with E-state index in [1.165, 1.54) is 17.5 Å². The van der Waals surface area contributed by atoms with Gasteiger partial charge in [-0.3, -0.25) is 0 Å². The zero-order valence-electron chi connectivity index (χ0n) is 12.3. The smallest absolute Gasteiger partial charge is 0.151 e. The normalized spacial score (nSPS) is 25.7. The molecule has 3 rings (SSSR count). The summed E-state index contributed by atoms with van der Waals surface area (Å²) in [5.41, 5.74) is 1.06. The van der Waals surface area contributed by atoms with Crippen LogP contribution in [0.15, 0.2) is 28.6 Å². The predicted octanol–water partition coefficient (Wildman–Crippen LogP) is 3.53. The Morgan fingerprint density at radius 1 is 1.48 bits per heavy atom. The molecule has 0 spiro atoms. The highest BCUT2D eigenvalue weighted by Gasteiger charge is 2.40. The lowest BCUT2D eigenvalue weighted by Crippen LogP contribution is -2.49. The molecule has 5 heteroatoms. The maximum atomic E-state index is 9.72. The van der Waals surface area contributed by atoms with Gasteiger partial charge in [-0.15, -0.1) is 11.3 Å². The monoisotopic (exact) mass is 322 g/mol. The number of aliphatic hydroxyl groups excluding tert-OH is 1. The van der Waals surface area contributed by atoms with Crippen LogP contribution >= 0.6 is 23.1 Å². The number of benzene rings is 1. The Balaban J connectivity index is 1.58. The number of aliphatic hydroxyl groups is 1. The van der Waals surface area contributed by atoms with Gasteiger partial charge in [-0.25, -0.2) is 4.98 Å². The van der Waals surface area contributed by atoms with E-state index in [2.05, 4.69) is 28.5 Å². The molecule has 1 saturated carbocycles. The van der Waals surface area contributed by atoms with Gasteiger partial charge in [-0.05, 0) is 44.4 Å². The van der Waals surface area contributed by atoms with E-state index in [1.807, 2.05) is 24.9 Å². The van der Waals surface area contributed by atoms with Gasteiger partial charge in [0.25, 0.3) is 0 Å². The van der Waals surface area contributed by atoms with Crippen LogP contribution in [0.4, 0.5) is 0 Å². The van der Waals surface area contributed by atoms with Crippen LogP contribution in [0.5, 0.6) is 0 Å². The number of nitrogens with zero attached hydrogens (tertiary/aromatic N) is 1. The summed E-state index contributed by atoms with van der Waals surface area (Å²) in [7, 11) is 1.98. The quantitative estimate of drug-likeness (QED) is 0.799. The first-order valence-electron chi connectivity index (χ1n) is 7.55. The Bertz CT molecular complexity index is 562. The average molecular weight is 322 g/mol. The minimum atomic E-state index is -0.0475. The summed E-state index contributed by atoms with van der Waals surface area (Å²) in [6.45, 7) is 0.250. The summed E-state index contributed by atoms with van der Waals surface area (Å²) in [5.74, 6) is 1.66. The molecule has 2 aromatic rings. The molecule has 1 aromatic carbocycles. The summed E-state index contributed by atoms with van der Waals surface area (Å²) >= 11 is 3.63. The van der Waals surface area contributed by atoms with E-state index in [4.69, 9.17) is 0 Å². The number of aromatic nitrogens is 1. The van der Waals surface area contributed by atoms with Gasteiger partial charge in [-0.2, -0.15) is 0 Å². The van der Waals surface area contributed by atoms with E-state index in [9.17, 15) is 5.11 Å². The first kappa shape index (κ1) is 15.3. The Kier molecular flexibility index (Phi) is 4.84. The van der Waals surface area contributed by atoms with Gasteiger partial charge >= 0.3 is 0 Å². The number of nitrogens with one attached hydrogen (secondary N) is 1. The number of rotatable bonds is 6. The van der Waals surface area contributed by atoms with Crippen molar-refractivity contribution in [3.8, 4) is 0 Å². The van der Waals surface area contributed by atoms with Crippen molar-refractivity contribution in [3.63, 3.8) is 0 Å². The molecule has 1 heterocycles. The highest BCUT2D eigenvalue weighted by atomic mass is 32.2. The molecular formula is C16H22N2OS2. The van der Waals surface area contributed by atoms with Crippen molar-refractivity contribution in [1.29, 1.82) is 0 Å². The standard InChI is InChI=1S/C16H22N2OS2/c1-17-16(11-19)9-4-5-12(16)8-10-20-15-18-13-6-2-3-7-14(13)21-15/h2-3,6-7,12,17,19H,4-5,8-11H2,1H3. The van der Waals surface area contributed by atoms with E-state index >= 15 is 0 Å². The van der Waals surface area contributed by atoms with Gasteiger partial charge in [0.2, 0.25) is 0 Å². The number of thiazole rings is 1. The number of fused-ring (bicyclic) bond motifs is 1. The number of likely N-dealkylation sites (N-methyl/N-ethyl adjacent to an activating group) is 1. The highest BCUT2D eigenvalue weighted by molar-refractivity contribution is 8.01. The molecule has 2 unspecified atom stereocenters. The van der Waals surface area contributed by atoms with Crippen LogP contribution in [0, 0.1) is 5.92 Å². The SMILES string of the molecule is CNC1(CO)CCCC1CCSc1nc2ccccc2s1. The topological polar surface area (TPSA) is 45.1 Å². The molecule has 0 saturated heterocycles. The number of hydrogen-bond acceptors (Lipinski definition) is 5. The molecule has 1 aliphatic carbocycles. The second kappa shape index (κ2) is 6.65. The third-order valence-electron chi connectivity index (χ3n) is 4.70. The van der Waals surface area contributed by atoms with Gasteiger partial charge in [-0.1, -0.05) is 30.3 Å². The highest BCUT2D eigenvalue weighted by Crippen LogP contribution is 2.39. The van der Waals surface area contributed by atoms with Gasteiger partial charge < -0.3 is 10.4 Å². The summed E-state index contributed by atoms with van der Waals surface area (Å²) in [5, 5.41) is 13.1. The zero-order chi connectivity index (χ0) is 14.7. The molecule has 0 bridgehead atoms. The summed E-state index contributed by atoms with van der Waals surface area (Å²) in [4.78, 5) is 4.67. The van der Waals surface area contributed by atoms with E-state index in [-0.39, 0.29) is 12.1 Å². The number of thioether (sulfide) groups is 1. The Hall–Kier alpha value is -0.620. The van der Waals surface area contributed by atoms with Crippen LogP contribution in [-0.4, -0.2) is 35.0 Å². The first-order valence-corrected chi connectivity index (χ1v) is 9.36. The molecule has 0 radical (unpaired) electrons. The molecule has 1 fully saturated rings. The molecule has 0 aliphatic heterocycles. The summed E-state index contributed by atoms with van der Waals surface area (Å²) < 4.78 is 2.43. The van der Waals surface area contributed by atoms with Crippen LogP contribution in [0.25, 0.3) is 10.2 Å². The van der Waals surface area contributed by atoms with Gasteiger partial charge in [0.15, 0.2) is 4.34 Å². The molecule has 21 heavy (non-hydrogen) atoms. The number of para-hydroxylation sites is 1. The second-order valence-electron chi connectivity index (χ2n) is 5.74. The van der Waals surface area contributed by atoms with Crippen LogP contribution < -0.4 is 5.32 Å². The van der Waals surface area contributed by atoms with Crippen molar-refractivity contribution in [2.24, 2.45) is 5.92 Å². The van der Waals surface area contributed by atoms with Crippen LogP contribution in [-0.2, 0) is 0 Å². The Labute approximate surface area is 134 Å². The first-order chi connectivity index (χ1) is 10.3. The van der Waals surface area contributed by atoms with E-state index < -0.39 is 0 Å². The van der Waals surface area contributed by atoms with Crippen LogP contribution in [0.1, 0.15) is 25.7 Å². The minimum Gasteiger partial charge on any atom is -0.394 e. The van der Waals surface area contributed by atoms with Crippen molar-refractivity contribution in [1.82, 2.24) is 10.3 Å². The van der Waals surface area contributed by atoms with Crippen molar-refractivity contribution in [3.05, 3.63) is 24.3 Å². The summed E-state index contributed by atoms with van der Waals surface area (Å²) in [6.07, 6.45) is 4.68. The molecule has 2 atom stereocenters. The fourth-order valence-corrected chi connectivity index (χ4v) is 5.57. The zero-order valence-corrected chi connectivity index (χ0v) is 14.0. The lowest BCUT2D eigenvalue weighted by molar-refractivity contribution is 0.130. The van der Waals surface area contributed by atoms with Crippen molar-refractivity contribution < 1.29 is 5.11 Å². The molecule has 114 valence electrons. The minimum absolute atomic E-state index is 0.0475. The van der Waals surface area contributed by atoms with Gasteiger partial charge in [0, 0.05) is 11.3 Å². The second-order valence-corrected chi connectivity index (χ2v) is 8.11. The fraction of sp³-hybridized carbons (Fsp3) is 0.562. The van der Waals surface area contributed by atoms with Crippen LogP contribution in [0.3, 0.4) is 0 Å². The van der Waals surface area contributed by atoms with Gasteiger partial charge in [0.05, 0.1) is 16.8 Å². The van der Waals surface area contributed by atoms with Crippen molar-refractivity contribution in [2.45, 2.75) is 35.6 Å². The lowest BCUT2D eigenvalue weighted by Gasteiger charge is -2.33. The van der Waals surface area contributed by atoms with E-state index in [0.29, 0.717) is 5.92 Å². The maximum Gasteiger partial charge on any atom is 0.151 e. The largest absolute Gasteiger partial charge is 0.394 e. The van der Waals surface area contributed by atoms with Crippen molar-refractivity contribution in [2.75, 3.05) is 19.4 Å². The Morgan fingerprint density at radius 2 is 2.33 bits per heavy atom. The van der Waals surface area contributed by atoms with E-state index in [1.54, 1.807) is 11.3 Å². The molecule has 3 nitrogen and oxygen atoms in total. The molecular weight excluding hydrogens is 300 g/mol. The Morgan fingerprint density at radius 3 is 3.10 bits per heavy atom. The lowest BCUT2D eigenvalue weighted by atomic mass is 9.86. The maximum absolute atomic E-state index is 9.72. The molecule has 2 N–H and O–H groups in total. The fourth-order valence-electron chi connectivity index (χ4n) is 3.38. The third-order valence-corrected chi connectivity index (χ3v) is 6.92. The molecule has 1 aromatic heterocycles. The molecule has 1 aliphatic rings. The predicted molar refractivity (Wildman–Crippen MR) is 91.2 cm³/mol. The van der Waals surface area contributed by atoms with Gasteiger partial charge in [0.1, 0.15) is 0 Å². The molecule has 0 amide bonds.